The van der Waals surface area contributed by atoms with Gasteiger partial charge in [-0.1, -0.05) is 54.6 Å². The second-order valence-corrected chi connectivity index (χ2v) is 21.2. The number of ether oxygens (including phenoxy) is 9. The highest BCUT2D eigenvalue weighted by molar-refractivity contribution is 7.44. The minimum Gasteiger partial charge on any atom is -0.497 e. The summed E-state index contributed by atoms with van der Waals surface area (Å²) in [6.45, 7) is 21.2. The number of urea groups is 1. The lowest BCUT2D eigenvalue weighted by atomic mass is 9.79. The van der Waals surface area contributed by atoms with Crippen molar-refractivity contribution in [2.45, 2.75) is 148 Å². The summed E-state index contributed by atoms with van der Waals surface area (Å²) in [4.78, 5) is 65.0. The van der Waals surface area contributed by atoms with Crippen molar-refractivity contribution < 1.29 is 75.7 Å². The second-order valence-electron chi connectivity index (χ2n) is 19.8. The van der Waals surface area contributed by atoms with Gasteiger partial charge in [0.25, 0.3) is 8.53 Å². The van der Waals surface area contributed by atoms with Gasteiger partial charge in [-0.25, -0.2) is 16.0 Å². The van der Waals surface area contributed by atoms with Crippen LogP contribution in [0.25, 0.3) is 4.85 Å². The molecule has 2 saturated heterocycles. The molecule has 5 rings (SSSR count). The molecule has 2 fully saturated rings. The molecule has 436 valence electrons. The van der Waals surface area contributed by atoms with E-state index in [9.17, 15) is 24.0 Å². The number of nitrogens with one attached hydrogen (secondary N) is 3. The third-order valence-electron chi connectivity index (χ3n) is 13.3. The maximum Gasteiger partial charge on any atom is 0.314 e. The first kappa shape index (κ1) is 64.9. The molecule has 0 saturated carbocycles. The maximum absolute atomic E-state index is 13.1. The molecule has 2 heterocycles. The Labute approximate surface area is 473 Å². The van der Waals surface area contributed by atoms with Gasteiger partial charge < -0.3 is 72.5 Å². The zero-order valence-electron chi connectivity index (χ0n) is 47.6. The van der Waals surface area contributed by atoms with Gasteiger partial charge in [0.05, 0.1) is 26.9 Å². The van der Waals surface area contributed by atoms with Crippen LogP contribution >= 0.6 is 8.53 Å². The standard InChI is InChI=1S/C57H79BN5O16P/c1-36(2)63(37(3)4)80(74-33-31-59-9)79-51-47(54(58)77-49(51)35-73-57(42-18-13-12-14-19-42,43-21-25-45(69-10)26-22-43)44-23-27-46(70-11)28-24-44)20-17-30-61-56(68)60-29-15-16-32-71-55-50(62-38(5)64)53(76-41(8)67)52(75-40(7)66)48(78-55)34-72-39(6)65/h12-14,18-19,21-28,36-37,47-55H,15-17,20,29-35H2,1-8,10-11H3,(H,62,64)(H2,60,61,68)/t47-,48+,49+,50+,51?,52-,53+,54+,55+,80?/m0/s1. The predicted molar refractivity (Wildman–Crippen MR) is 297 cm³/mol. The minimum absolute atomic E-state index is 0.0229. The van der Waals surface area contributed by atoms with Gasteiger partial charge in [0.1, 0.15) is 56.4 Å². The third kappa shape index (κ3) is 18.6. The molecule has 0 aromatic heterocycles. The van der Waals surface area contributed by atoms with E-state index < -0.39 is 86.8 Å². The number of benzene rings is 3. The molecule has 10 atom stereocenters. The van der Waals surface area contributed by atoms with Crippen molar-refractivity contribution in [1.82, 2.24) is 20.6 Å². The first-order valence-corrected chi connectivity index (χ1v) is 28.1. The SMILES string of the molecule is [B][C@@H]1O[C@H](COC(c2ccccc2)(c2ccc(OC)cc2)c2ccc(OC)cc2)C(OP(OCC[N+]#[C-])N(C(C)C)C(C)C)[C@@H]1CCCNC(=O)NCCCCO[C@@H]1O[C@H](COC(C)=O)[C@H](OC(C)=O)[C@H](OC(C)=O)[C@H]1NC(C)=O. The van der Waals surface area contributed by atoms with Gasteiger partial charge in [-0.05, 0) is 94.3 Å². The van der Waals surface area contributed by atoms with Crippen LogP contribution < -0.4 is 25.4 Å². The van der Waals surface area contributed by atoms with Crippen LogP contribution in [0.4, 0.5) is 4.79 Å². The number of hydrogen-bond donors (Lipinski definition) is 3. The quantitative estimate of drug-likeness (QED) is 0.0115. The molecule has 3 amide bonds. The summed E-state index contributed by atoms with van der Waals surface area (Å²) in [7, 11) is 8.43. The Bertz CT molecular complexity index is 2400. The van der Waals surface area contributed by atoms with Crippen molar-refractivity contribution in [3.8, 4) is 11.5 Å². The first-order chi connectivity index (χ1) is 38.3. The predicted octanol–water partition coefficient (Wildman–Crippen LogP) is 6.72. The monoisotopic (exact) mass is 1130 g/mol. The smallest absolute Gasteiger partial charge is 0.314 e. The molecule has 80 heavy (non-hydrogen) atoms. The van der Waals surface area contributed by atoms with E-state index in [0.29, 0.717) is 43.7 Å². The van der Waals surface area contributed by atoms with Crippen LogP contribution in [0.15, 0.2) is 78.9 Å². The van der Waals surface area contributed by atoms with Gasteiger partial charge in [-0.2, -0.15) is 0 Å². The topological polar surface area (TPSA) is 231 Å². The molecule has 21 nitrogen and oxygen atoms in total. The van der Waals surface area contributed by atoms with Crippen molar-refractivity contribution >= 4 is 46.2 Å². The number of esters is 3. The van der Waals surface area contributed by atoms with Gasteiger partial charge in [-0.15, -0.1) is 0 Å². The molecule has 3 aromatic carbocycles. The van der Waals surface area contributed by atoms with Crippen LogP contribution in [0.3, 0.4) is 0 Å². The fraction of sp³-hybridized carbons (Fsp3) is 0.579. The lowest BCUT2D eigenvalue weighted by Crippen LogP contribution is -2.66. The number of rotatable bonds is 31. The van der Waals surface area contributed by atoms with E-state index in [1.807, 2.05) is 78.9 Å². The van der Waals surface area contributed by atoms with Crippen LogP contribution in [-0.2, 0) is 67.0 Å². The molecule has 2 aliphatic rings. The normalized spacial score (nSPS) is 22.2. The molecule has 2 aliphatic heterocycles. The van der Waals surface area contributed by atoms with E-state index in [1.165, 1.54) is 13.8 Å². The summed E-state index contributed by atoms with van der Waals surface area (Å²) in [6.07, 6.45) is -4.20. The van der Waals surface area contributed by atoms with E-state index in [4.69, 9.17) is 66.1 Å². The highest BCUT2D eigenvalue weighted by atomic mass is 31.2. The summed E-state index contributed by atoms with van der Waals surface area (Å²) in [5.74, 6) is -1.55. The Kier molecular flexibility index (Phi) is 26.4. The van der Waals surface area contributed by atoms with Crippen molar-refractivity contribution in [2.24, 2.45) is 5.92 Å². The third-order valence-corrected chi connectivity index (χ3v) is 15.4. The fourth-order valence-corrected chi connectivity index (χ4v) is 11.6. The number of amides is 3. The number of nitrogens with zero attached hydrogens (tertiary/aromatic N) is 2. The highest BCUT2D eigenvalue weighted by Gasteiger charge is 2.52. The largest absolute Gasteiger partial charge is 0.497 e. The van der Waals surface area contributed by atoms with Crippen molar-refractivity contribution in [1.29, 1.82) is 0 Å². The number of hydrogen-bond acceptors (Lipinski definition) is 17. The molecule has 2 radical (unpaired) electrons. The van der Waals surface area contributed by atoms with Crippen LogP contribution in [-0.4, -0.2) is 164 Å². The van der Waals surface area contributed by atoms with Crippen LogP contribution in [0.1, 0.15) is 97.8 Å². The van der Waals surface area contributed by atoms with E-state index >= 15 is 0 Å². The van der Waals surface area contributed by atoms with E-state index in [1.54, 1.807) is 14.2 Å². The maximum atomic E-state index is 13.1. The molecule has 23 heteroatoms. The minimum atomic E-state index is -1.74. The average molecular weight is 1130 g/mol. The number of carbonyl (C=O) groups is 5. The first-order valence-electron chi connectivity index (χ1n) is 27.0. The van der Waals surface area contributed by atoms with Gasteiger partial charge in [0, 0.05) is 71.4 Å². The molecule has 3 aromatic rings. The Balaban J connectivity index is 1.28. The van der Waals surface area contributed by atoms with Crippen molar-refractivity contribution in [2.75, 3.05) is 60.3 Å². The second kappa shape index (κ2) is 32.5. The fourth-order valence-electron chi connectivity index (χ4n) is 9.79. The van der Waals surface area contributed by atoms with Crippen LogP contribution in [0, 0.1) is 12.5 Å². The van der Waals surface area contributed by atoms with E-state index in [2.05, 4.69) is 53.2 Å². The van der Waals surface area contributed by atoms with Crippen LogP contribution in [0.5, 0.6) is 11.5 Å². The van der Waals surface area contributed by atoms with Gasteiger partial charge in [-0.3, -0.25) is 19.2 Å². The van der Waals surface area contributed by atoms with E-state index in [-0.39, 0.29) is 63.5 Å². The highest BCUT2D eigenvalue weighted by Crippen LogP contribution is 2.51. The molecular weight excluding hydrogens is 1050 g/mol. The number of methoxy groups -OCH3 is 2. The Morgan fingerprint density at radius 1 is 0.713 bits per heavy atom. The molecule has 2 unspecified atom stereocenters. The molecule has 0 aliphatic carbocycles. The number of unbranched alkanes of at least 4 members (excludes halogenated alkanes) is 1. The summed E-state index contributed by atoms with van der Waals surface area (Å²) in [6, 6.07) is 23.3. The van der Waals surface area contributed by atoms with Crippen molar-refractivity contribution in [3.05, 3.63) is 107 Å². The summed E-state index contributed by atoms with van der Waals surface area (Å²) >= 11 is 0. The number of carbonyl (C=O) groups excluding carboxylic acids is 5. The van der Waals surface area contributed by atoms with Crippen LogP contribution in [0.2, 0.25) is 0 Å². The zero-order valence-corrected chi connectivity index (χ0v) is 48.5. The Morgan fingerprint density at radius 3 is 1.81 bits per heavy atom. The lowest BCUT2D eigenvalue weighted by Gasteiger charge is -2.44. The molecular formula is C57H79BN5O16P. The Morgan fingerprint density at radius 2 is 1.27 bits per heavy atom. The van der Waals surface area contributed by atoms with E-state index in [0.717, 1.165) is 30.5 Å². The average Bonchev–Trinajstić information content (AvgIpc) is 3.71. The summed E-state index contributed by atoms with van der Waals surface area (Å²) in [5, 5.41) is 8.49. The molecule has 0 bridgehead atoms. The van der Waals surface area contributed by atoms with Gasteiger partial charge in [0.15, 0.2) is 18.5 Å². The Hall–Kier alpha value is -5.89. The van der Waals surface area contributed by atoms with Gasteiger partial charge >= 0.3 is 23.9 Å². The zero-order chi connectivity index (χ0) is 58.4. The summed E-state index contributed by atoms with van der Waals surface area (Å²) < 4.78 is 69.1. The lowest BCUT2D eigenvalue weighted by molar-refractivity contribution is -0.277. The molecule has 0 spiro atoms. The van der Waals surface area contributed by atoms with Crippen molar-refractivity contribution in [3.63, 3.8) is 0 Å². The summed E-state index contributed by atoms with van der Waals surface area (Å²) in [5.41, 5.74) is 1.38. The molecule has 3 N–H and O–H groups in total. The van der Waals surface area contributed by atoms with Gasteiger partial charge in [0.2, 0.25) is 12.5 Å².